The van der Waals surface area contributed by atoms with Gasteiger partial charge in [0.15, 0.2) is 5.65 Å². The molecule has 3 heterocycles. The average molecular weight is 436 g/mol. The van der Waals surface area contributed by atoms with Gasteiger partial charge in [-0.05, 0) is 48.9 Å². The molecule has 158 valence electrons. The van der Waals surface area contributed by atoms with Crippen molar-refractivity contribution in [3.63, 3.8) is 0 Å². The van der Waals surface area contributed by atoms with Crippen LogP contribution in [0.4, 0.5) is 0 Å². The third kappa shape index (κ3) is 4.42. The van der Waals surface area contributed by atoms with Crippen LogP contribution in [-0.4, -0.2) is 45.2 Å². The van der Waals surface area contributed by atoms with E-state index < -0.39 is 0 Å². The van der Waals surface area contributed by atoms with Crippen molar-refractivity contribution in [1.29, 1.82) is 0 Å². The van der Waals surface area contributed by atoms with Gasteiger partial charge in [0.2, 0.25) is 0 Å². The number of pyridine rings is 2. The molecule has 0 aliphatic rings. The fourth-order valence-corrected chi connectivity index (χ4v) is 3.47. The molecule has 4 rings (SSSR count). The van der Waals surface area contributed by atoms with Crippen LogP contribution in [-0.2, 0) is 4.74 Å². The van der Waals surface area contributed by atoms with Crippen molar-refractivity contribution >= 4 is 28.7 Å². The molecule has 4 aromatic rings. The number of amides is 1. The quantitative estimate of drug-likeness (QED) is 0.468. The van der Waals surface area contributed by atoms with Crippen LogP contribution in [0, 0.1) is 0 Å². The lowest BCUT2D eigenvalue weighted by Gasteiger charge is -2.15. The van der Waals surface area contributed by atoms with Crippen molar-refractivity contribution < 1.29 is 9.53 Å². The molecule has 0 spiro atoms. The number of rotatable bonds is 7. The SMILES string of the molecule is CCC(COC)NC(=O)c1cnc2c(c1)nc(-c1cccnc1)n2-c1ccc(Cl)cc1. The number of carbonyl (C=O) groups is 1. The molecule has 1 N–H and O–H groups in total. The highest BCUT2D eigenvalue weighted by molar-refractivity contribution is 6.30. The van der Waals surface area contributed by atoms with Crippen LogP contribution < -0.4 is 5.32 Å². The highest BCUT2D eigenvalue weighted by Gasteiger charge is 2.19. The number of hydrogen-bond acceptors (Lipinski definition) is 5. The van der Waals surface area contributed by atoms with Crippen LogP contribution in [0.25, 0.3) is 28.2 Å². The molecule has 0 aliphatic heterocycles. The number of aromatic nitrogens is 4. The van der Waals surface area contributed by atoms with E-state index in [0.29, 0.717) is 34.2 Å². The van der Waals surface area contributed by atoms with Gasteiger partial charge < -0.3 is 10.1 Å². The number of hydrogen-bond donors (Lipinski definition) is 1. The van der Waals surface area contributed by atoms with Crippen molar-refractivity contribution in [2.24, 2.45) is 0 Å². The summed E-state index contributed by atoms with van der Waals surface area (Å²) in [6, 6.07) is 12.9. The summed E-state index contributed by atoms with van der Waals surface area (Å²) in [7, 11) is 1.62. The summed E-state index contributed by atoms with van der Waals surface area (Å²) in [5.41, 5.74) is 3.40. The number of imidazole rings is 1. The number of benzene rings is 1. The fourth-order valence-electron chi connectivity index (χ4n) is 3.34. The van der Waals surface area contributed by atoms with Crippen molar-refractivity contribution in [3.8, 4) is 17.1 Å². The number of carbonyl (C=O) groups excluding carboxylic acids is 1. The third-order valence-corrected chi connectivity index (χ3v) is 5.21. The summed E-state index contributed by atoms with van der Waals surface area (Å²) >= 11 is 6.08. The predicted octanol–water partition coefficient (Wildman–Crippen LogP) is 4.29. The van der Waals surface area contributed by atoms with E-state index in [1.807, 2.05) is 47.9 Å². The van der Waals surface area contributed by atoms with Crippen molar-refractivity contribution in [2.45, 2.75) is 19.4 Å². The Bertz CT molecular complexity index is 1190. The molecule has 7 nitrogen and oxygen atoms in total. The van der Waals surface area contributed by atoms with Gasteiger partial charge in [-0.25, -0.2) is 9.97 Å². The summed E-state index contributed by atoms with van der Waals surface area (Å²) in [6.07, 6.45) is 5.80. The summed E-state index contributed by atoms with van der Waals surface area (Å²) < 4.78 is 7.10. The molecule has 1 atom stereocenters. The molecule has 8 heteroatoms. The second-order valence-corrected chi connectivity index (χ2v) is 7.53. The molecule has 0 aliphatic carbocycles. The first-order valence-electron chi connectivity index (χ1n) is 9.95. The van der Waals surface area contributed by atoms with E-state index in [1.54, 1.807) is 31.8 Å². The van der Waals surface area contributed by atoms with E-state index in [9.17, 15) is 4.79 Å². The molecular weight excluding hydrogens is 414 g/mol. The maximum atomic E-state index is 12.7. The standard InChI is InChI=1S/C23H22ClN5O2/c1-3-18(14-31-2)27-23(30)16-11-20-22(26-13-16)29(19-8-6-17(24)7-9-19)21(28-20)15-5-4-10-25-12-15/h4-13,18H,3,14H2,1-2H3,(H,27,30). The average Bonchev–Trinajstić information content (AvgIpc) is 3.18. The molecule has 0 bridgehead atoms. The Kier molecular flexibility index (Phi) is 6.25. The fraction of sp³-hybridized carbons (Fsp3) is 0.217. The van der Waals surface area contributed by atoms with Crippen LogP contribution in [0.15, 0.2) is 61.1 Å². The summed E-state index contributed by atoms with van der Waals surface area (Å²) in [6.45, 7) is 2.45. The lowest BCUT2D eigenvalue weighted by molar-refractivity contribution is 0.0894. The zero-order valence-electron chi connectivity index (χ0n) is 17.2. The first-order chi connectivity index (χ1) is 15.1. The van der Waals surface area contributed by atoms with Gasteiger partial charge in [-0.1, -0.05) is 18.5 Å². The van der Waals surface area contributed by atoms with Crippen molar-refractivity contribution in [3.05, 3.63) is 71.6 Å². The zero-order chi connectivity index (χ0) is 21.8. The Morgan fingerprint density at radius 3 is 2.71 bits per heavy atom. The number of ether oxygens (including phenoxy) is 1. The molecular formula is C23H22ClN5O2. The molecule has 3 aromatic heterocycles. The van der Waals surface area contributed by atoms with Crippen molar-refractivity contribution in [2.75, 3.05) is 13.7 Å². The maximum absolute atomic E-state index is 12.7. The second kappa shape index (κ2) is 9.24. The zero-order valence-corrected chi connectivity index (χ0v) is 18.0. The molecule has 0 saturated heterocycles. The molecule has 31 heavy (non-hydrogen) atoms. The molecule has 0 saturated carbocycles. The van der Waals surface area contributed by atoms with E-state index in [0.717, 1.165) is 17.7 Å². The first kappa shape index (κ1) is 21.0. The van der Waals surface area contributed by atoms with E-state index in [2.05, 4.69) is 15.3 Å². The summed E-state index contributed by atoms with van der Waals surface area (Å²) in [5.74, 6) is 0.476. The van der Waals surface area contributed by atoms with E-state index in [1.165, 1.54) is 0 Å². The van der Waals surface area contributed by atoms with Gasteiger partial charge in [0.05, 0.1) is 18.2 Å². The van der Waals surface area contributed by atoms with E-state index in [4.69, 9.17) is 21.3 Å². The van der Waals surface area contributed by atoms with E-state index in [-0.39, 0.29) is 11.9 Å². The Hall–Kier alpha value is -3.29. The third-order valence-electron chi connectivity index (χ3n) is 4.96. The van der Waals surface area contributed by atoms with E-state index >= 15 is 0 Å². The molecule has 1 amide bonds. The van der Waals surface area contributed by atoms with Crippen LogP contribution in [0.2, 0.25) is 5.02 Å². The Morgan fingerprint density at radius 1 is 1.23 bits per heavy atom. The molecule has 0 fully saturated rings. The van der Waals surface area contributed by atoms with Crippen LogP contribution in [0.3, 0.4) is 0 Å². The Balaban J connectivity index is 1.80. The summed E-state index contributed by atoms with van der Waals surface area (Å²) in [5, 5.41) is 3.62. The number of nitrogens with zero attached hydrogens (tertiary/aromatic N) is 4. The number of nitrogens with one attached hydrogen (secondary N) is 1. The topological polar surface area (TPSA) is 81.9 Å². The van der Waals surface area contributed by atoms with Gasteiger partial charge in [-0.3, -0.25) is 14.3 Å². The number of fused-ring (bicyclic) bond motifs is 1. The first-order valence-corrected chi connectivity index (χ1v) is 10.3. The van der Waals surface area contributed by atoms with Gasteiger partial charge in [0, 0.05) is 42.0 Å². The van der Waals surface area contributed by atoms with Gasteiger partial charge in [-0.15, -0.1) is 0 Å². The van der Waals surface area contributed by atoms with Crippen LogP contribution >= 0.6 is 11.6 Å². The Morgan fingerprint density at radius 2 is 2.03 bits per heavy atom. The minimum Gasteiger partial charge on any atom is -0.383 e. The lowest BCUT2D eigenvalue weighted by atomic mass is 10.2. The maximum Gasteiger partial charge on any atom is 0.253 e. The monoisotopic (exact) mass is 435 g/mol. The molecule has 1 unspecified atom stereocenters. The highest BCUT2D eigenvalue weighted by atomic mass is 35.5. The van der Waals surface area contributed by atoms with Gasteiger partial charge >= 0.3 is 0 Å². The van der Waals surface area contributed by atoms with Crippen molar-refractivity contribution in [1.82, 2.24) is 24.8 Å². The smallest absolute Gasteiger partial charge is 0.253 e. The molecule has 1 aromatic carbocycles. The molecule has 0 radical (unpaired) electrons. The second-order valence-electron chi connectivity index (χ2n) is 7.09. The minimum absolute atomic E-state index is 0.0641. The van der Waals surface area contributed by atoms with Crippen LogP contribution in [0.5, 0.6) is 0 Å². The van der Waals surface area contributed by atoms with Gasteiger partial charge in [-0.2, -0.15) is 0 Å². The number of methoxy groups -OCH3 is 1. The Labute approximate surface area is 185 Å². The van der Waals surface area contributed by atoms with Gasteiger partial charge in [0.1, 0.15) is 11.3 Å². The largest absolute Gasteiger partial charge is 0.383 e. The highest BCUT2D eigenvalue weighted by Crippen LogP contribution is 2.28. The lowest BCUT2D eigenvalue weighted by Crippen LogP contribution is -2.37. The predicted molar refractivity (Wildman–Crippen MR) is 121 cm³/mol. The van der Waals surface area contributed by atoms with Crippen LogP contribution in [0.1, 0.15) is 23.7 Å². The minimum atomic E-state index is -0.206. The summed E-state index contributed by atoms with van der Waals surface area (Å²) in [4.78, 5) is 26.3. The normalized spacial score (nSPS) is 12.1. The van der Waals surface area contributed by atoms with Gasteiger partial charge in [0.25, 0.3) is 5.91 Å². The number of halogens is 1.